The van der Waals surface area contributed by atoms with Crippen LogP contribution in [0.3, 0.4) is 0 Å². The first-order valence-corrected chi connectivity index (χ1v) is 7.85. The Bertz CT molecular complexity index is 489. The molecule has 1 unspecified atom stereocenters. The summed E-state index contributed by atoms with van der Waals surface area (Å²) in [6.45, 7) is 2.76. The van der Waals surface area contributed by atoms with Crippen molar-refractivity contribution >= 4 is 9.84 Å². The van der Waals surface area contributed by atoms with Gasteiger partial charge in [-0.25, -0.2) is 8.42 Å². The Labute approximate surface area is 108 Å². The Hall–Kier alpha value is -0.910. The number of rotatable bonds is 4. The van der Waals surface area contributed by atoms with Crippen molar-refractivity contribution in [1.29, 1.82) is 0 Å². The minimum absolute atomic E-state index is 0.0924. The van der Waals surface area contributed by atoms with Gasteiger partial charge in [-0.1, -0.05) is 17.7 Å². The lowest BCUT2D eigenvalue weighted by molar-refractivity contribution is 0.157. The van der Waals surface area contributed by atoms with E-state index in [9.17, 15) is 13.5 Å². The van der Waals surface area contributed by atoms with Gasteiger partial charge in [0.15, 0.2) is 9.84 Å². The number of nitrogens with one attached hydrogen (secondary N) is 1. The molecule has 1 saturated heterocycles. The van der Waals surface area contributed by atoms with Gasteiger partial charge in [-0.05, 0) is 38.4 Å². The minimum Gasteiger partial charge on any atom is -0.390 e. The van der Waals surface area contributed by atoms with E-state index in [1.165, 1.54) is 0 Å². The van der Waals surface area contributed by atoms with Crippen molar-refractivity contribution in [3.05, 3.63) is 29.8 Å². The summed E-state index contributed by atoms with van der Waals surface area (Å²) in [4.78, 5) is 0.283. The third kappa shape index (κ3) is 3.10. The van der Waals surface area contributed by atoms with Crippen LogP contribution in [0.1, 0.15) is 18.4 Å². The molecule has 1 aliphatic heterocycles. The molecule has 0 aromatic heterocycles. The number of aryl methyl sites for hydroxylation is 1. The Morgan fingerprint density at radius 2 is 2.06 bits per heavy atom. The Kier molecular flexibility index (Phi) is 4.04. The van der Waals surface area contributed by atoms with Crippen LogP contribution in [0.4, 0.5) is 0 Å². The second-order valence-corrected chi connectivity index (χ2v) is 6.90. The molecule has 1 aromatic carbocycles. The third-order valence-electron chi connectivity index (χ3n) is 3.33. The maximum Gasteiger partial charge on any atom is 0.180 e. The molecule has 1 heterocycles. The Balaban J connectivity index is 2.09. The second-order valence-electron chi connectivity index (χ2n) is 4.86. The topological polar surface area (TPSA) is 66.4 Å². The highest BCUT2D eigenvalue weighted by Gasteiger charge is 2.28. The maximum absolute atomic E-state index is 12.1. The predicted molar refractivity (Wildman–Crippen MR) is 70.3 cm³/mol. The fraction of sp³-hybridized carbons (Fsp3) is 0.538. The van der Waals surface area contributed by atoms with E-state index in [1.54, 1.807) is 24.3 Å². The van der Waals surface area contributed by atoms with E-state index < -0.39 is 15.9 Å². The van der Waals surface area contributed by atoms with E-state index in [4.69, 9.17) is 0 Å². The third-order valence-corrected chi connectivity index (χ3v) is 5.10. The SMILES string of the molecule is Cc1ccc(S(=O)(=O)CC(O)[C@H]2CCCN2)cc1. The van der Waals surface area contributed by atoms with Crippen molar-refractivity contribution in [2.45, 2.75) is 36.8 Å². The number of aliphatic hydroxyl groups excluding tert-OH is 1. The van der Waals surface area contributed by atoms with Crippen LogP contribution in [0.2, 0.25) is 0 Å². The zero-order valence-corrected chi connectivity index (χ0v) is 11.3. The molecule has 1 aromatic rings. The molecule has 100 valence electrons. The zero-order chi connectivity index (χ0) is 13.2. The number of sulfone groups is 1. The zero-order valence-electron chi connectivity index (χ0n) is 10.5. The molecule has 0 radical (unpaired) electrons. The largest absolute Gasteiger partial charge is 0.390 e. The standard InChI is InChI=1S/C13H19NO3S/c1-10-4-6-11(7-5-10)18(16,17)9-13(15)12-3-2-8-14-12/h4-7,12-15H,2-3,8-9H2,1H3/t12-,13?/m1/s1. The lowest BCUT2D eigenvalue weighted by atomic mass is 10.1. The average molecular weight is 269 g/mol. The highest BCUT2D eigenvalue weighted by Crippen LogP contribution is 2.16. The number of benzene rings is 1. The van der Waals surface area contributed by atoms with Gasteiger partial charge >= 0.3 is 0 Å². The molecule has 1 aliphatic rings. The molecule has 1 fully saturated rings. The van der Waals surface area contributed by atoms with Crippen molar-refractivity contribution < 1.29 is 13.5 Å². The fourth-order valence-electron chi connectivity index (χ4n) is 2.22. The molecule has 0 saturated carbocycles. The quantitative estimate of drug-likeness (QED) is 0.851. The molecule has 0 spiro atoms. The number of hydrogen-bond donors (Lipinski definition) is 2. The van der Waals surface area contributed by atoms with Gasteiger partial charge in [-0.3, -0.25) is 0 Å². The molecule has 4 nitrogen and oxygen atoms in total. The molecule has 0 bridgehead atoms. The first-order valence-electron chi connectivity index (χ1n) is 6.20. The monoisotopic (exact) mass is 269 g/mol. The van der Waals surface area contributed by atoms with Gasteiger partial charge in [-0.15, -0.1) is 0 Å². The van der Waals surface area contributed by atoms with Crippen LogP contribution in [-0.2, 0) is 9.84 Å². The summed E-state index contributed by atoms with van der Waals surface area (Å²) in [6.07, 6.45) is 0.996. The molecule has 2 rings (SSSR count). The first-order chi connectivity index (χ1) is 8.49. The van der Waals surface area contributed by atoms with Crippen LogP contribution in [0, 0.1) is 6.92 Å². The first kappa shape index (κ1) is 13.5. The van der Waals surface area contributed by atoms with Gasteiger partial charge in [0.1, 0.15) is 0 Å². The van der Waals surface area contributed by atoms with Crippen LogP contribution in [0.15, 0.2) is 29.2 Å². The number of aliphatic hydroxyl groups is 1. The summed E-state index contributed by atoms with van der Waals surface area (Å²) in [5.41, 5.74) is 1.02. The molecule has 2 atom stereocenters. The summed E-state index contributed by atoms with van der Waals surface area (Å²) >= 11 is 0. The fourth-order valence-corrected chi connectivity index (χ4v) is 3.65. The van der Waals surface area contributed by atoms with Crippen molar-refractivity contribution in [2.24, 2.45) is 0 Å². The van der Waals surface area contributed by atoms with Gasteiger partial charge in [0.25, 0.3) is 0 Å². The summed E-state index contributed by atoms with van der Waals surface area (Å²) in [5, 5.41) is 13.1. The van der Waals surface area contributed by atoms with E-state index in [0.717, 1.165) is 24.9 Å². The van der Waals surface area contributed by atoms with Crippen LogP contribution in [-0.4, -0.2) is 38.0 Å². The van der Waals surface area contributed by atoms with Gasteiger partial charge in [0.05, 0.1) is 16.8 Å². The highest BCUT2D eigenvalue weighted by molar-refractivity contribution is 7.91. The van der Waals surface area contributed by atoms with Crippen LogP contribution >= 0.6 is 0 Å². The summed E-state index contributed by atoms with van der Waals surface area (Å²) < 4.78 is 24.2. The smallest absolute Gasteiger partial charge is 0.180 e. The molecule has 0 aliphatic carbocycles. The van der Waals surface area contributed by atoms with Crippen LogP contribution < -0.4 is 5.32 Å². The van der Waals surface area contributed by atoms with Gasteiger partial charge in [0.2, 0.25) is 0 Å². The molecule has 18 heavy (non-hydrogen) atoms. The van der Waals surface area contributed by atoms with E-state index >= 15 is 0 Å². The van der Waals surface area contributed by atoms with Crippen molar-refractivity contribution in [1.82, 2.24) is 5.32 Å². The Morgan fingerprint density at radius 3 is 2.61 bits per heavy atom. The van der Waals surface area contributed by atoms with E-state index in [2.05, 4.69) is 5.32 Å². The summed E-state index contributed by atoms with van der Waals surface area (Å²) in [7, 11) is -3.40. The van der Waals surface area contributed by atoms with Crippen LogP contribution in [0.5, 0.6) is 0 Å². The maximum atomic E-state index is 12.1. The lowest BCUT2D eigenvalue weighted by Crippen LogP contribution is -2.39. The van der Waals surface area contributed by atoms with E-state index in [0.29, 0.717) is 0 Å². The molecule has 5 heteroatoms. The van der Waals surface area contributed by atoms with Crippen molar-refractivity contribution in [2.75, 3.05) is 12.3 Å². The Morgan fingerprint density at radius 1 is 1.39 bits per heavy atom. The van der Waals surface area contributed by atoms with Crippen molar-refractivity contribution in [3.63, 3.8) is 0 Å². The predicted octanol–water partition coefficient (Wildman–Crippen LogP) is 0.882. The van der Waals surface area contributed by atoms with E-state index in [-0.39, 0.29) is 16.7 Å². The van der Waals surface area contributed by atoms with Gasteiger partial charge in [0, 0.05) is 6.04 Å². The molecular formula is C13H19NO3S. The second kappa shape index (κ2) is 5.38. The highest BCUT2D eigenvalue weighted by atomic mass is 32.2. The normalized spacial score (nSPS) is 22.0. The van der Waals surface area contributed by atoms with Crippen LogP contribution in [0.25, 0.3) is 0 Å². The molecular weight excluding hydrogens is 250 g/mol. The number of hydrogen-bond acceptors (Lipinski definition) is 4. The minimum atomic E-state index is -3.40. The summed E-state index contributed by atoms with van der Waals surface area (Å²) in [5.74, 6) is -0.215. The lowest BCUT2D eigenvalue weighted by Gasteiger charge is -2.18. The van der Waals surface area contributed by atoms with Crippen molar-refractivity contribution in [3.8, 4) is 0 Å². The van der Waals surface area contributed by atoms with Gasteiger partial charge in [-0.2, -0.15) is 0 Å². The average Bonchev–Trinajstić information content (AvgIpc) is 2.82. The van der Waals surface area contributed by atoms with E-state index in [1.807, 2.05) is 6.92 Å². The molecule has 0 amide bonds. The summed E-state index contributed by atoms with van der Waals surface area (Å²) in [6, 6.07) is 6.64. The van der Waals surface area contributed by atoms with Gasteiger partial charge < -0.3 is 10.4 Å². The molecule has 2 N–H and O–H groups in total.